The molecule has 2 amide bonds. The number of hydrogen-bond donors (Lipinski definition) is 2. The van der Waals surface area contributed by atoms with Gasteiger partial charge in [0.15, 0.2) is 0 Å². The molecule has 1 aromatic heterocycles. The van der Waals surface area contributed by atoms with Gasteiger partial charge < -0.3 is 16.0 Å². The SMILES string of the molecule is CC(N)C(=O)N1CCC(C(C)NC(=O)c2ccnn2C)CC1. The standard InChI is InChI=1S/C15H25N5O2/c1-10(16)15(22)20-8-5-12(6-9-20)11(2)18-14(21)13-4-7-17-19(13)3/h4,7,10-12H,5-6,8-9,16H2,1-3H3,(H,18,21). The average molecular weight is 307 g/mol. The fourth-order valence-electron chi connectivity index (χ4n) is 2.90. The zero-order valence-electron chi connectivity index (χ0n) is 13.5. The van der Waals surface area contributed by atoms with Gasteiger partial charge in [-0.1, -0.05) is 0 Å². The molecular formula is C15H25N5O2. The van der Waals surface area contributed by atoms with E-state index < -0.39 is 6.04 Å². The molecule has 1 aliphatic rings. The van der Waals surface area contributed by atoms with Crippen molar-refractivity contribution in [3.63, 3.8) is 0 Å². The summed E-state index contributed by atoms with van der Waals surface area (Å²) >= 11 is 0. The van der Waals surface area contributed by atoms with Crippen molar-refractivity contribution < 1.29 is 9.59 Å². The average Bonchev–Trinajstić information content (AvgIpc) is 2.92. The maximum absolute atomic E-state index is 12.2. The molecule has 2 atom stereocenters. The van der Waals surface area contributed by atoms with E-state index in [0.717, 1.165) is 12.8 Å². The van der Waals surface area contributed by atoms with E-state index in [4.69, 9.17) is 5.73 Å². The maximum atomic E-state index is 12.2. The Balaban J connectivity index is 1.85. The molecule has 122 valence electrons. The van der Waals surface area contributed by atoms with Gasteiger partial charge in [0.05, 0.1) is 6.04 Å². The third-order valence-electron chi connectivity index (χ3n) is 4.36. The van der Waals surface area contributed by atoms with Crippen molar-refractivity contribution in [2.24, 2.45) is 18.7 Å². The molecule has 7 heteroatoms. The summed E-state index contributed by atoms with van der Waals surface area (Å²) in [5.41, 5.74) is 6.19. The number of hydrogen-bond acceptors (Lipinski definition) is 4. The highest BCUT2D eigenvalue weighted by Crippen LogP contribution is 2.21. The van der Waals surface area contributed by atoms with E-state index in [1.807, 2.05) is 11.8 Å². The van der Waals surface area contributed by atoms with E-state index in [0.29, 0.717) is 24.7 Å². The van der Waals surface area contributed by atoms with E-state index in [1.54, 1.807) is 30.9 Å². The lowest BCUT2D eigenvalue weighted by Gasteiger charge is -2.35. The van der Waals surface area contributed by atoms with E-state index >= 15 is 0 Å². The molecule has 2 unspecified atom stereocenters. The van der Waals surface area contributed by atoms with E-state index in [9.17, 15) is 9.59 Å². The second-order valence-electron chi connectivity index (χ2n) is 6.05. The predicted molar refractivity (Wildman–Crippen MR) is 83.1 cm³/mol. The Morgan fingerprint density at radius 2 is 2.00 bits per heavy atom. The summed E-state index contributed by atoms with van der Waals surface area (Å²) in [6, 6.07) is 1.32. The summed E-state index contributed by atoms with van der Waals surface area (Å²) in [5.74, 6) is 0.265. The number of piperidine rings is 1. The Bertz CT molecular complexity index is 532. The lowest BCUT2D eigenvalue weighted by Crippen LogP contribution is -2.49. The minimum Gasteiger partial charge on any atom is -0.348 e. The van der Waals surface area contributed by atoms with Crippen LogP contribution in [0.3, 0.4) is 0 Å². The normalized spacial score (nSPS) is 18.8. The van der Waals surface area contributed by atoms with Crippen molar-refractivity contribution in [3.05, 3.63) is 18.0 Å². The molecule has 1 aliphatic heterocycles. The molecule has 2 heterocycles. The van der Waals surface area contributed by atoms with Crippen LogP contribution in [0.5, 0.6) is 0 Å². The highest BCUT2D eigenvalue weighted by Gasteiger charge is 2.28. The van der Waals surface area contributed by atoms with Crippen LogP contribution in [0.25, 0.3) is 0 Å². The van der Waals surface area contributed by atoms with Crippen molar-refractivity contribution in [2.45, 2.75) is 38.8 Å². The van der Waals surface area contributed by atoms with Gasteiger partial charge >= 0.3 is 0 Å². The molecular weight excluding hydrogens is 282 g/mol. The molecule has 1 aromatic rings. The highest BCUT2D eigenvalue weighted by molar-refractivity contribution is 5.92. The summed E-state index contributed by atoms with van der Waals surface area (Å²) in [6.45, 7) is 5.14. The largest absolute Gasteiger partial charge is 0.348 e. The molecule has 0 spiro atoms. The minimum atomic E-state index is -0.446. The molecule has 1 fully saturated rings. The molecule has 0 saturated carbocycles. The fourth-order valence-corrected chi connectivity index (χ4v) is 2.90. The second kappa shape index (κ2) is 6.91. The molecule has 7 nitrogen and oxygen atoms in total. The molecule has 0 radical (unpaired) electrons. The van der Waals surface area contributed by atoms with Crippen LogP contribution in [0.2, 0.25) is 0 Å². The van der Waals surface area contributed by atoms with Crippen LogP contribution in [0, 0.1) is 5.92 Å². The van der Waals surface area contributed by atoms with Gasteiger partial charge in [0, 0.05) is 32.4 Å². The van der Waals surface area contributed by atoms with Crippen molar-refractivity contribution in [3.8, 4) is 0 Å². The predicted octanol–water partition coefficient (Wildman–Crippen LogP) is 0.124. The van der Waals surface area contributed by atoms with Gasteiger partial charge in [-0.25, -0.2) is 0 Å². The number of amides is 2. The molecule has 1 saturated heterocycles. The number of rotatable bonds is 4. The zero-order chi connectivity index (χ0) is 16.3. The summed E-state index contributed by atoms with van der Waals surface area (Å²) in [4.78, 5) is 25.9. The van der Waals surface area contributed by atoms with Gasteiger partial charge in [-0.2, -0.15) is 5.10 Å². The van der Waals surface area contributed by atoms with Gasteiger partial charge in [-0.15, -0.1) is 0 Å². The molecule has 0 aliphatic carbocycles. The van der Waals surface area contributed by atoms with Gasteiger partial charge in [0.2, 0.25) is 5.91 Å². The van der Waals surface area contributed by atoms with Crippen LogP contribution < -0.4 is 11.1 Å². The molecule has 22 heavy (non-hydrogen) atoms. The van der Waals surface area contributed by atoms with Crippen LogP contribution in [-0.2, 0) is 11.8 Å². The number of nitrogens with two attached hydrogens (primary N) is 1. The first-order chi connectivity index (χ1) is 10.4. The second-order valence-corrected chi connectivity index (χ2v) is 6.05. The van der Waals surface area contributed by atoms with Gasteiger partial charge in [0.1, 0.15) is 5.69 Å². The highest BCUT2D eigenvalue weighted by atomic mass is 16.2. The van der Waals surface area contributed by atoms with Gasteiger partial charge in [0.25, 0.3) is 5.91 Å². The Labute approximate surface area is 130 Å². The number of likely N-dealkylation sites (tertiary alicyclic amines) is 1. The lowest BCUT2D eigenvalue weighted by atomic mass is 9.90. The number of nitrogens with one attached hydrogen (secondary N) is 1. The maximum Gasteiger partial charge on any atom is 0.269 e. The van der Waals surface area contributed by atoms with Crippen molar-refractivity contribution in [1.82, 2.24) is 20.0 Å². The number of aromatic nitrogens is 2. The summed E-state index contributed by atoms with van der Waals surface area (Å²) in [7, 11) is 1.75. The van der Waals surface area contributed by atoms with Gasteiger partial charge in [-0.05, 0) is 38.7 Å². The van der Waals surface area contributed by atoms with Gasteiger partial charge in [-0.3, -0.25) is 14.3 Å². The Morgan fingerprint density at radius 1 is 1.36 bits per heavy atom. The van der Waals surface area contributed by atoms with Crippen LogP contribution in [0.1, 0.15) is 37.2 Å². The van der Waals surface area contributed by atoms with Crippen LogP contribution in [-0.4, -0.2) is 51.7 Å². The molecule has 0 aromatic carbocycles. The summed E-state index contributed by atoms with van der Waals surface area (Å²) < 4.78 is 1.56. The third-order valence-corrected chi connectivity index (χ3v) is 4.36. The first kappa shape index (κ1) is 16.5. The smallest absolute Gasteiger partial charge is 0.269 e. The quantitative estimate of drug-likeness (QED) is 0.826. The Kier molecular flexibility index (Phi) is 5.18. The fraction of sp³-hybridized carbons (Fsp3) is 0.667. The molecule has 2 rings (SSSR count). The summed E-state index contributed by atoms with van der Waals surface area (Å²) in [6.07, 6.45) is 3.37. The Hall–Kier alpha value is -1.89. The van der Waals surface area contributed by atoms with Crippen molar-refractivity contribution >= 4 is 11.8 Å². The first-order valence-corrected chi connectivity index (χ1v) is 7.73. The van der Waals surface area contributed by atoms with Crippen molar-refractivity contribution in [1.29, 1.82) is 0 Å². The Morgan fingerprint density at radius 3 is 2.50 bits per heavy atom. The van der Waals surface area contributed by atoms with E-state index in [2.05, 4.69) is 10.4 Å². The minimum absolute atomic E-state index is 0.00465. The topological polar surface area (TPSA) is 93.2 Å². The lowest BCUT2D eigenvalue weighted by molar-refractivity contribution is -0.133. The summed E-state index contributed by atoms with van der Waals surface area (Å²) in [5, 5.41) is 7.03. The zero-order valence-corrected chi connectivity index (χ0v) is 13.5. The number of aryl methyl sites for hydroxylation is 1. The van der Waals surface area contributed by atoms with E-state index in [-0.39, 0.29) is 17.9 Å². The number of carbonyl (C=O) groups excluding carboxylic acids is 2. The third kappa shape index (κ3) is 3.65. The van der Waals surface area contributed by atoms with Crippen molar-refractivity contribution in [2.75, 3.05) is 13.1 Å². The van der Waals surface area contributed by atoms with E-state index in [1.165, 1.54) is 0 Å². The van der Waals surface area contributed by atoms with Crippen LogP contribution in [0.15, 0.2) is 12.3 Å². The number of carbonyl (C=O) groups is 2. The van der Waals surface area contributed by atoms with Crippen LogP contribution >= 0.6 is 0 Å². The molecule has 0 bridgehead atoms. The first-order valence-electron chi connectivity index (χ1n) is 7.73. The van der Waals surface area contributed by atoms with Crippen LogP contribution in [0.4, 0.5) is 0 Å². The monoisotopic (exact) mass is 307 g/mol. The number of nitrogens with zero attached hydrogens (tertiary/aromatic N) is 3. The molecule has 3 N–H and O–H groups in total.